The lowest BCUT2D eigenvalue weighted by molar-refractivity contribution is -0.150. The van der Waals surface area contributed by atoms with E-state index >= 15 is 4.39 Å². The summed E-state index contributed by atoms with van der Waals surface area (Å²) in [6, 6.07) is 7.65. The molecule has 1 aromatic rings. The molecule has 0 bridgehead atoms. The monoisotopic (exact) mass is 374 g/mol. The normalized spacial score (nSPS) is 23.2. The third-order valence-electron chi connectivity index (χ3n) is 6.42. The maximum absolute atomic E-state index is 15.2. The molecule has 0 N–H and O–H groups in total. The summed E-state index contributed by atoms with van der Waals surface area (Å²) in [5, 5.41) is 0. The van der Waals surface area contributed by atoms with Crippen molar-refractivity contribution in [3.05, 3.63) is 29.8 Å². The van der Waals surface area contributed by atoms with E-state index in [-0.39, 0.29) is 24.7 Å². The topological polar surface area (TPSA) is 49.9 Å². The number of hydrogen-bond donors (Lipinski definition) is 0. The number of rotatable bonds is 4. The van der Waals surface area contributed by atoms with Crippen LogP contribution in [0.4, 0.5) is 4.39 Å². The summed E-state index contributed by atoms with van der Waals surface area (Å²) in [5.41, 5.74) is -1.28. The van der Waals surface area contributed by atoms with E-state index in [0.717, 1.165) is 37.0 Å². The molecule has 0 radical (unpaired) electrons. The van der Waals surface area contributed by atoms with E-state index in [4.69, 9.17) is 4.74 Å². The zero-order valence-corrected chi connectivity index (χ0v) is 15.9. The minimum atomic E-state index is -1.81. The molecule has 0 aromatic heterocycles. The van der Waals surface area contributed by atoms with Crippen LogP contribution in [-0.2, 0) is 15.0 Å². The first-order valence-corrected chi connectivity index (χ1v) is 9.91. The van der Waals surface area contributed by atoms with E-state index in [0.29, 0.717) is 26.2 Å². The number of nitrogens with zero attached hydrogens (tertiary/aromatic N) is 2. The summed E-state index contributed by atoms with van der Waals surface area (Å²) in [7, 11) is 1.62. The first kappa shape index (κ1) is 18.3. The number of hydrogen-bond acceptors (Lipinski definition) is 3. The SMILES string of the molecule is COc1ccc(C2(C(=O)N3CCC(F)(C(=O)N4CCCC4)CC3)CC2)cc1. The lowest BCUT2D eigenvalue weighted by atomic mass is 9.89. The Morgan fingerprint density at radius 3 is 1.96 bits per heavy atom. The van der Waals surface area contributed by atoms with E-state index in [1.807, 2.05) is 24.3 Å². The molecule has 0 spiro atoms. The number of likely N-dealkylation sites (tertiary alicyclic amines) is 2. The highest BCUT2D eigenvalue weighted by molar-refractivity contribution is 5.92. The van der Waals surface area contributed by atoms with Gasteiger partial charge in [-0.2, -0.15) is 0 Å². The molecule has 0 unspecified atom stereocenters. The smallest absolute Gasteiger partial charge is 0.260 e. The second kappa shape index (κ2) is 6.80. The zero-order valence-electron chi connectivity index (χ0n) is 15.9. The van der Waals surface area contributed by atoms with Gasteiger partial charge in [0.05, 0.1) is 12.5 Å². The molecule has 3 fully saturated rings. The second-order valence-electron chi connectivity index (χ2n) is 8.07. The van der Waals surface area contributed by atoms with Crippen molar-refractivity contribution in [3.63, 3.8) is 0 Å². The van der Waals surface area contributed by atoms with Crippen molar-refractivity contribution in [2.45, 2.75) is 49.6 Å². The Labute approximate surface area is 159 Å². The van der Waals surface area contributed by atoms with Gasteiger partial charge in [0, 0.05) is 39.0 Å². The Hall–Kier alpha value is -2.11. The highest BCUT2D eigenvalue weighted by atomic mass is 19.1. The van der Waals surface area contributed by atoms with E-state index in [1.165, 1.54) is 0 Å². The molecule has 2 heterocycles. The maximum Gasteiger partial charge on any atom is 0.260 e. The number of halogens is 1. The molecular weight excluding hydrogens is 347 g/mol. The van der Waals surface area contributed by atoms with Gasteiger partial charge in [-0.25, -0.2) is 4.39 Å². The van der Waals surface area contributed by atoms with Crippen LogP contribution < -0.4 is 4.74 Å². The lowest BCUT2D eigenvalue weighted by Crippen LogP contribution is -2.54. The predicted molar refractivity (Wildman–Crippen MR) is 99.4 cm³/mol. The van der Waals surface area contributed by atoms with E-state index in [2.05, 4.69) is 0 Å². The number of carbonyl (C=O) groups is 2. The van der Waals surface area contributed by atoms with Gasteiger partial charge in [-0.15, -0.1) is 0 Å². The van der Waals surface area contributed by atoms with Gasteiger partial charge in [0.25, 0.3) is 5.91 Å². The Morgan fingerprint density at radius 1 is 0.889 bits per heavy atom. The molecule has 1 aromatic carbocycles. The molecular formula is C21H27FN2O3. The molecule has 1 aliphatic carbocycles. The van der Waals surface area contributed by atoms with Crippen molar-refractivity contribution in [2.24, 2.45) is 0 Å². The van der Waals surface area contributed by atoms with Crippen molar-refractivity contribution in [1.29, 1.82) is 0 Å². The highest BCUT2D eigenvalue weighted by Gasteiger charge is 2.54. The van der Waals surface area contributed by atoms with Crippen molar-refractivity contribution in [2.75, 3.05) is 33.3 Å². The number of benzene rings is 1. The molecule has 5 nitrogen and oxygen atoms in total. The average Bonchev–Trinajstić information content (AvgIpc) is 3.34. The summed E-state index contributed by atoms with van der Waals surface area (Å²) in [6.45, 7) is 1.95. The summed E-state index contributed by atoms with van der Waals surface area (Å²) in [5.74, 6) is 0.467. The fraction of sp³-hybridized carbons (Fsp3) is 0.619. The zero-order chi connectivity index (χ0) is 19.1. The molecule has 2 aliphatic heterocycles. The van der Waals surface area contributed by atoms with Crippen molar-refractivity contribution in [1.82, 2.24) is 9.80 Å². The third kappa shape index (κ3) is 3.19. The van der Waals surface area contributed by atoms with E-state index < -0.39 is 11.1 Å². The minimum Gasteiger partial charge on any atom is -0.497 e. The quantitative estimate of drug-likeness (QED) is 0.814. The van der Waals surface area contributed by atoms with Gasteiger partial charge >= 0.3 is 0 Å². The van der Waals surface area contributed by atoms with Crippen LogP contribution in [0.5, 0.6) is 5.75 Å². The first-order valence-electron chi connectivity index (χ1n) is 9.91. The molecule has 146 valence electrons. The molecule has 0 atom stereocenters. The summed E-state index contributed by atoms with van der Waals surface area (Å²) < 4.78 is 20.4. The van der Waals surface area contributed by atoms with Crippen molar-refractivity contribution >= 4 is 11.8 Å². The lowest BCUT2D eigenvalue weighted by Gasteiger charge is -2.38. The summed E-state index contributed by atoms with van der Waals surface area (Å²) in [4.78, 5) is 29.1. The van der Waals surface area contributed by atoms with Crippen LogP contribution in [-0.4, -0.2) is 60.6 Å². The van der Waals surface area contributed by atoms with E-state index in [1.54, 1.807) is 16.9 Å². The van der Waals surface area contributed by atoms with Gasteiger partial charge in [-0.3, -0.25) is 9.59 Å². The predicted octanol–water partition coefficient (Wildman–Crippen LogP) is 2.68. The molecule has 3 aliphatic rings. The summed E-state index contributed by atoms with van der Waals surface area (Å²) >= 11 is 0. The van der Waals surface area contributed by atoms with Crippen LogP contribution in [0.2, 0.25) is 0 Å². The molecule has 6 heteroatoms. The van der Waals surface area contributed by atoms with Gasteiger partial charge in [-0.05, 0) is 43.4 Å². The number of piperidine rings is 1. The van der Waals surface area contributed by atoms with Crippen LogP contribution in [0.3, 0.4) is 0 Å². The minimum absolute atomic E-state index is 0.0725. The number of carbonyl (C=O) groups excluding carboxylic acids is 2. The maximum atomic E-state index is 15.2. The van der Waals surface area contributed by atoms with E-state index in [9.17, 15) is 9.59 Å². The highest BCUT2D eigenvalue weighted by Crippen LogP contribution is 2.50. The van der Waals surface area contributed by atoms with Gasteiger partial charge in [0.15, 0.2) is 5.67 Å². The number of ether oxygens (including phenoxy) is 1. The Morgan fingerprint density at radius 2 is 1.44 bits per heavy atom. The van der Waals surface area contributed by atoms with Crippen LogP contribution in [0.1, 0.15) is 44.1 Å². The fourth-order valence-electron chi connectivity index (χ4n) is 4.45. The Balaban J connectivity index is 1.41. The van der Waals surface area contributed by atoms with Crippen LogP contribution in [0, 0.1) is 0 Å². The standard InChI is InChI=1S/C21H27FN2O3/c1-27-17-6-4-16(5-7-17)20(8-9-20)18(25)24-14-10-21(22,11-15-24)19(26)23-12-2-3-13-23/h4-7H,2-3,8-15H2,1H3. The van der Waals surface area contributed by atoms with Crippen molar-refractivity contribution < 1.29 is 18.7 Å². The molecule has 27 heavy (non-hydrogen) atoms. The first-order chi connectivity index (χ1) is 13.0. The number of alkyl halides is 1. The summed E-state index contributed by atoms with van der Waals surface area (Å²) in [6.07, 6.45) is 3.76. The second-order valence-corrected chi connectivity index (χ2v) is 8.07. The third-order valence-corrected chi connectivity index (χ3v) is 6.42. The molecule has 2 saturated heterocycles. The van der Waals surface area contributed by atoms with Crippen LogP contribution in [0.25, 0.3) is 0 Å². The van der Waals surface area contributed by atoms with Crippen LogP contribution >= 0.6 is 0 Å². The Kier molecular flexibility index (Phi) is 4.60. The average molecular weight is 374 g/mol. The van der Waals surface area contributed by atoms with Crippen LogP contribution in [0.15, 0.2) is 24.3 Å². The molecule has 1 saturated carbocycles. The van der Waals surface area contributed by atoms with Gasteiger partial charge < -0.3 is 14.5 Å². The van der Waals surface area contributed by atoms with Gasteiger partial charge in [0.1, 0.15) is 5.75 Å². The largest absolute Gasteiger partial charge is 0.497 e. The van der Waals surface area contributed by atoms with Crippen molar-refractivity contribution in [3.8, 4) is 5.75 Å². The van der Waals surface area contributed by atoms with Gasteiger partial charge in [0.2, 0.25) is 5.91 Å². The number of methoxy groups -OCH3 is 1. The Bertz CT molecular complexity index is 715. The molecule has 2 amide bonds. The number of amides is 2. The fourth-order valence-corrected chi connectivity index (χ4v) is 4.45. The molecule has 4 rings (SSSR count). The van der Waals surface area contributed by atoms with Gasteiger partial charge in [-0.1, -0.05) is 12.1 Å².